The summed E-state index contributed by atoms with van der Waals surface area (Å²) in [5.74, 6) is 1.45. The highest BCUT2D eigenvalue weighted by Gasteiger charge is 2.55. The molecule has 4 atom stereocenters. The summed E-state index contributed by atoms with van der Waals surface area (Å²) in [5.41, 5.74) is 3.17. The molecule has 3 aromatic rings. The first-order valence-electron chi connectivity index (χ1n) is 16.7. The van der Waals surface area contributed by atoms with E-state index in [9.17, 15) is 4.79 Å². The predicted octanol–water partition coefficient (Wildman–Crippen LogP) is 4.43. The molecule has 1 amide bonds. The van der Waals surface area contributed by atoms with Gasteiger partial charge in [-0.05, 0) is 69.1 Å². The number of rotatable bonds is 8. The maximum absolute atomic E-state index is 13.5. The monoisotopic (exact) mass is 641 g/mol. The molecule has 0 N–H and O–H groups in total. The van der Waals surface area contributed by atoms with Crippen molar-refractivity contribution in [3.05, 3.63) is 64.1 Å². The van der Waals surface area contributed by atoms with Gasteiger partial charge in [-0.25, -0.2) is 6.57 Å². The number of piperazine rings is 1. The molecule has 0 spiro atoms. The van der Waals surface area contributed by atoms with E-state index in [0.29, 0.717) is 50.8 Å². The molecule has 0 unspecified atom stereocenters. The number of amides is 1. The lowest BCUT2D eigenvalue weighted by Gasteiger charge is -2.41. The van der Waals surface area contributed by atoms with Crippen LogP contribution in [-0.4, -0.2) is 103 Å². The van der Waals surface area contributed by atoms with Gasteiger partial charge in [0.2, 0.25) is 6.54 Å². The van der Waals surface area contributed by atoms with Crippen molar-refractivity contribution in [2.45, 2.75) is 62.9 Å². The topological polar surface area (TPSA) is 81.9 Å². The maximum atomic E-state index is 13.5. The smallest absolute Gasteiger partial charge is 0.318 e. The number of hydrogen-bond acceptors (Lipinski definition) is 8. The van der Waals surface area contributed by atoms with E-state index in [4.69, 9.17) is 37.6 Å². The minimum Gasteiger partial charge on any atom is -0.462 e. The quantitative estimate of drug-likeness (QED) is 0.264. The molecule has 1 aliphatic carbocycles. The van der Waals surface area contributed by atoms with E-state index in [1.807, 2.05) is 17.0 Å². The van der Waals surface area contributed by atoms with E-state index in [0.717, 1.165) is 77.3 Å². The number of fused-ring (bicyclic) bond motifs is 2. The Bertz CT molecular complexity index is 1690. The third-order valence-electron chi connectivity index (χ3n) is 10.5. The highest BCUT2D eigenvalue weighted by Crippen LogP contribution is 2.45. The number of benzene rings is 2. The zero-order valence-corrected chi connectivity index (χ0v) is 27.0. The molecule has 4 fully saturated rings. The average Bonchev–Trinajstić information content (AvgIpc) is 4.00. The Morgan fingerprint density at radius 1 is 1.07 bits per heavy atom. The van der Waals surface area contributed by atoms with Gasteiger partial charge in [0.25, 0.3) is 5.91 Å². The molecule has 5 heterocycles. The molecular weight excluding hydrogens is 602 g/mol. The third kappa shape index (κ3) is 5.63. The predicted molar refractivity (Wildman–Crippen MR) is 177 cm³/mol. The molecule has 5 aliphatic rings. The van der Waals surface area contributed by atoms with Crippen molar-refractivity contribution in [3.63, 3.8) is 0 Å². The second-order valence-corrected chi connectivity index (χ2v) is 13.9. The summed E-state index contributed by atoms with van der Waals surface area (Å²) in [5, 5.41) is 2.91. The molecule has 0 bridgehead atoms. The Kier molecular flexibility index (Phi) is 7.87. The maximum Gasteiger partial charge on any atom is 0.318 e. The number of aromatic nitrogens is 2. The summed E-state index contributed by atoms with van der Waals surface area (Å²) in [6.07, 6.45) is 5.08. The molecule has 0 radical (unpaired) electrons. The van der Waals surface area contributed by atoms with Crippen molar-refractivity contribution in [1.29, 1.82) is 0 Å². The van der Waals surface area contributed by atoms with E-state index in [1.54, 1.807) is 0 Å². The molecule has 1 saturated carbocycles. The molecule has 1 aromatic heterocycles. The van der Waals surface area contributed by atoms with Crippen molar-refractivity contribution in [3.8, 4) is 6.01 Å². The second-order valence-electron chi connectivity index (χ2n) is 13.5. The van der Waals surface area contributed by atoms with Gasteiger partial charge in [-0.3, -0.25) is 4.79 Å². The number of carbonyl (C=O) groups is 1. The Hall–Kier alpha value is -3.65. The van der Waals surface area contributed by atoms with Gasteiger partial charge in [-0.15, -0.1) is 0 Å². The Balaban J connectivity index is 1.09. The fourth-order valence-electron chi connectivity index (χ4n) is 7.69. The summed E-state index contributed by atoms with van der Waals surface area (Å²) in [6.45, 7) is 12.7. The summed E-state index contributed by atoms with van der Waals surface area (Å²) in [6, 6.07) is 12.9. The highest BCUT2D eigenvalue weighted by atomic mass is 35.5. The van der Waals surface area contributed by atoms with Gasteiger partial charge in [0.05, 0.1) is 23.4 Å². The van der Waals surface area contributed by atoms with Crippen molar-refractivity contribution in [2.75, 3.05) is 62.7 Å². The van der Waals surface area contributed by atoms with Gasteiger partial charge in [-0.2, -0.15) is 9.97 Å². The zero-order chi connectivity index (χ0) is 31.4. The normalized spacial score (nSPS) is 26.2. The van der Waals surface area contributed by atoms with Crippen molar-refractivity contribution in [2.24, 2.45) is 5.92 Å². The number of ether oxygens (including phenoxy) is 2. The van der Waals surface area contributed by atoms with Gasteiger partial charge in [-0.1, -0.05) is 35.9 Å². The van der Waals surface area contributed by atoms with E-state index in [1.165, 1.54) is 6.42 Å². The Labute approximate surface area is 275 Å². The number of anilines is 2. The fraction of sp³-hybridized carbons (Fsp3) is 0.543. The molecule has 4 aliphatic heterocycles. The second kappa shape index (κ2) is 12.2. The van der Waals surface area contributed by atoms with Crippen LogP contribution in [0.15, 0.2) is 36.4 Å². The van der Waals surface area contributed by atoms with Gasteiger partial charge < -0.3 is 33.9 Å². The number of carbonyl (C=O) groups excluding carboxylic acids is 1. The largest absolute Gasteiger partial charge is 0.462 e. The van der Waals surface area contributed by atoms with E-state index in [2.05, 4.69) is 50.9 Å². The summed E-state index contributed by atoms with van der Waals surface area (Å²) in [4.78, 5) is 36.1. The van der Waals surface area contributed by atoms with E-state index in [-0.39, 0.29) is 30.7 Å². The van der Waals surface area contributed by atoms with Gasteiger partial charge in [0.1, 0.15) is 18.5 Å². The lowest BCUT2D eigenvalue weighted by molar-refractivity contribution is -0.135. The van der Waals surface area contributed by atoms with Gasteiger partial charge in [0.15, 0.2) is 6.10 Å². The van der Waals surface area contributed by atoms with Crippen molar-refractivity contribution in [1.82, 2.24) is 19.8 Å². The summed E-state index contributed by atoms with van der Waals surface area (Å²) >= 11 is 6.73. The van der Waals surface area contributed by atoms with Crippen LogP contribution in [0.25, 0.3) is 15.6 Å². The van der Waals surface area contributed by atoms with Crippen LogP contribution >= 0.6 is 11.6 Å². The van der Waals surface area contributed by atoms with Crippen LogP contribution in [-0.2, 0) is 22.5 Å². The van der Waals surface area contributed by atoms with Gasteiger partial charge in [0, 0.05) is 48.9 Å². The molecule has 10 nitrogen and oxygen atoms in total. The standard InChI is InChI=1S/C35H40ClN7O3/c1-37-18-25-19-42(16-17-43(25)34(44)32-31(46-32)23-11-12-23)33-26-13-15-41(29-10-4-7-22-6-3-9-27(36)30(22)29)20-28(26)38-35(39-33)45-21-24-8-5-14-40(24)2/h3-4,6-7,9-10,23-25,31-32H,5,8,11-21H2,2H3/t24-,25-,31-,32-/m0/s1. The SMILES string of the molecule is [C-]#[N+]C[C@H]1CN(c2nc(OC[C@@H]3CCCN3C)nc3c2CCN(c2cccc4cccc(Cl)c24)C3)CCN1C(=O)[C@H]1O[C@H]1C1CC1. The lowest BCUT2D eigenvalue weighted by atomic mass is 10.0. The molecule has 46 heavy (non-hydrogen) atoms. The number of nitrogens with zero attached hydrogens (tertiary/aromatic N) is 7. The first-order valence-corrected chi connectivity index (χ1v) is 17.1. The van der Waals surface area contributed by atoms with Crippen LogP contribution in [0.2, 0.25) is 5.02 Å². The number of epoxide rings is 1. The van der Waals surface area contributed by atoms with Crippen LogP contribution in [0.1, 0.15) is 36.9 Å². The number of likely N-dealkylation sites (N-methyl/N-ethyl adjacent to an activating group) is 1. The third-order valence-corrected chi connectivity index (χ3v) is 10.8. The highest BCUT2D eigenvalue weighted by molar-refractivity contribution is 6.36. The van der Waals surface area contributed by atoms with Crippen LogP contribution in [0.3, 0.4) is 0 Å². The van der Waals surface area contributed by atoms with Crippen molar-refractivity contribution >= 4 is 39.8 Å². The van der Waals surface area contributed by atoms with Crippen LogP contribution in [0.5, 0.6) is 6.01 Å². The summed E-state index contributed by atoms with van der Waals surface area (Å²) in [7, 11) is 2.14. The molecular formula is C35H40ClN7O3. The zero-order valence-electron chi connectivity index (χ0n) is 26.3. The first kappa shape index (κ1) is 29.7. The minimum absolute atomic E-state index is 0.0454. The van der Waals surface area contributed by atoms with E-state index < -0.39 is 0 Å². The van der Waals surface area contributed by atoms with E-state index >= 15 is 0 Å². The molecule has 240 valence electrons. The number of halogens is 1. The lowest BCUT2D eigenvalue weighted by Crippen LogP contribution is -2.58. The molecule has 8 rings (SSSR count). The Morgan fingerprint density at radius 2 is 1.91 bits per heavy atom. The average molecular weight is 642 g/mol. The van der Waals surface area contributed by atoms with Gasteiger partial charge >= 0.3 is 6.01 Å². The fourth-order valence-corrected chi connectivity index (χ4v) is 7.97. The molecule has 11 heteroatoms. The molecule has 3 saturated heterocycles. The van der Waals surface area contributed by atoms with Crippen LogP contribution in [0, 0.1) is 12.5 Å². The summed E-state index contributed by atoms with van der Waals surface area (Å²) < 4.78 is 12.1. The van der Waals surface area contributed by atoms with Crippen LogP contribution in [0.4, 0.5) is 11.5 Å². The van der Waals surface area contributed by atoms with Crippen LogP contribution < -0.4 is 14.5 Å². The van der Waals surface area contributed by atoms with Crippen molar-refractivity contribution < 1.29 is 14.3 Å². The molecule has 2 aromatic carbocycles. The number of hydrogen-bond donors (Lipinski definition) is 0. The number of likely N-dealkylation sites (tertiary alicyclic amines) is 1. The Morgan fingerprint density at radius 3 is 2.70 bits per heavy atom. The minimum atomic E-state index is -0.332. The first-order chi connectivity index (χ1) is 22.5.